The van der Waals surface area contributed by atoms with Gasteiger partial charge >= 0.3 is 0 Å². The van der Waals surface area contributed by atoms with Crippen molar-refractivity contribution in [3.8, 4) is 0 Å². The van der Waals surface area contributed by atoms with Crippen LogP contribution in [0.4, 0.5) is 0 Å². The van der Waals surface area contributed by atoms with Crippen molar-refractivity contribution in [2.24, 2.45) is 5.73 Å². The molecule has 0 spiro atoms. The third-order valence-electron chi connectivity index (χ3n) is 3.45. The first-order valence-electron chi connectivity index (χ1n) is 6.79. The van der Waals surface area contributed by atoms with E-state index in [1.54, 1.807) is 6.07 Å². The van der Waals surface area contributed by atoms with Gasteiger partial charge in [0.15, 0.2) is 0 Å². The van der Waals surface area contributed by atoms with E-state index in [2.05, 4.69) is 9.88 Å². The summed E-state index contributed by atoms with van der Waals surface area (Å²) < 4.78 is 0. The monoisotopic (exact) mass is 323 g/mol. The summed E-state index contributed by atoms with van der Waals surface area (Å²) in [7, 11) is 2.01. The fourth-order valence-electron chi connectivity index (χ4n) is 2.38. The van der Waals surface area contributed by atoms with Crippen LogP contribution >= 0.6 is 23.2 Å². The second-order valence-electron chi connectivity index (χ2n) is 5.08. The van der Waals surface area contributed by atoms with Gasteiger partial charge in [0.2, 0.25) is 0 Å². The quantitative estimate of drug-likeness (QED) is 0.909. The first-order chi connectivity index (χ1) is 10.0. The summed E-state index contributed by atoms with van der Waals surface area (Å²) in [6.07, 6.45) is 0. The maximum absolute atomic E-state index is 6.31. The predicted octanol–water partition coefficient (Wildman–Crippen LogP) is 3.83. The van der Waals surface area contributed by atoms with E-state index in [1.807, 2.05) is 44.3 Å². The molecule has 1 unspecified atom stereocenters. The maximum atomic E-state index is 6.31. The number of rotatable bonds is 5. The molecule has 0 aliphatic carbocycles. The number of hydrogen-bond donors (Lipinski definition) is 1. The molecule has 0 radical (unpaired) electrons. The Balaban J connectivity index is 2.22. The fraction of sp³-hybridized carbons (Fsp3) is 0.312. The molecular formula is C16H19Cl2N3. The van der Waals surface area contributed by atoms with Crippen molar-refractivity contribution in [2.45, 2.75) is 19.5 Å². The van der Waals surface area contributed by atoms with Crippen LogP contribution < -0.4 is 5.73 Å². The largest absolute Gasteiger partial charge is 0.329 e. The van der Waals surface area contributed by atoms with Gasteiger partial charge < -0.3 is 5.73 Å². The second kappa shape index (κ2) is 7.23. The highest BCUT2D eigenvalue weighted by Gasteiger charge is 2.19. The smallest absolute Gasteiger partial charge is 0.0640 e. The molecule has 21 heavy (non-hydrogen) atoms. The van der Waals surface area contributed by atoms with E-state index in [-0.39, 0.29) is 6.04 Å². The second-order valence-corrected chi connectivity index (χ2v) is 5.87. The van der Waals surface area contributed by atoms with Gasteiger partial charge in [-0.05, 0) is 37.7 Å². The highest BCUT2D eigenvalue weighted by atomic mass is 35.5. The molecular weight excluding hydrogens is 305 g/mol. The van der Waals surface area contributed by atoms with Crippen molar-refractivity contribution >= 4 is 23.2 Å². The molecule has 3 nitrogen and oxygen atoms in total. The van der Waals surface area contributed by atoms with Gasteiger partial charge in [0, 0.05) is 24.8 Å². The zero-order chi connectivity index (χ0) is 15.4. The van der Waals surface area contributed by atoms with E-state index in [0.717, 1.165) is 17.0 Å². The third kappa shape index (κ3) is 3.95. The number of halogens is 2. The molecule has 2 aromatic rings. The Hall–Kier alpha value is -1.13. The van der Waals surface area contributed by atoms with Crippen LogP contribution in [0.3, 0.4) is 0 Å². The van der Waals surface area contributed by atoms with E-state index in [4.69, 9.17) is 28.9 Å². The zero-order valence-electron chi connectivity index (χ0n) is 12.2. The first kappa shape index (κ1) is 16.2. The number of nitrogens with two attached hydrogens (primary N) is 1. The average molecular weight is 324 g/mol. The predicted molar refractivity (Wildman–Crippen MR) is 88.7 cm³/mol. The van der Waals surface area contributed by atoms with E-state index in [0.29, 0.717) is 23.1 Å². The molecule has 0 saturated carbocycles. The van der Waals surface area contributed by atoms with Crippen molar-refractivity contribution in [1.29, 1.82) is 0 Å². The first-order valence-corrected chi connectivity index (χ1v) is 7.55. The average Bonchev–Trinajstić information content (AvgIpc) is 2.44. The van der Waals surface area contributed by atoms with Gasteiger partial charge in [-0.15, -0.1) is 0 Å². The molecule has 0 saturated heterocycles. The van der Waals surface area contributed by atoms with Gasteiger partial charge in [-0.3, -0.25) is 9.88 Å². The lowest BCUT2D eigenvalue weighted by atomic mass is 10.1. The number of aryl methyl sites for hydroxylation is 1. The number of nitrogens with zero attached hydrogens (tertiary/aromatic N) is 2. The number of aromatic nitrogens is 1. The lowest BCUT2D eigenvalue weighted by molar-refractivity contribution is 0.239. The van der Waals surface area contributed by atoms with E-state index in [1.165, 1.54) is 0 Å². The van der Waals surface area contributed by atoms with Crippen LogP contribution in [-0.2, 0) is 6.54 Å². The third-order valence-corrected chi connectivity index (χ3v) is 4.29. The fourth-order valence-corrected chi connectivity index (χ4v) is 2.81. The lowest BCUT2D eigenvalue weighted by Crippen LogP contribution is -2.30. The summed E-state index contributed by atoms with van der Waals surface area (Å²) in [5.74, 6) is 0. The molecule has 112 valence electrons. The molecule has 0 aliphatic heterocycles. The van der Waals surface area contributed by atoms with Gasteiger partial charge in [0.05, 0.1) is 15.7 Å². The van der Waals surface area contributed by atoms with Crippen molar-refractivity contribution < 1.29 is 0 Å². The van der Waals surface area contributed by atoms with Crippen LogP contribution in [0.1, 0.15) is 23.0 Å². The summed E-state index contributed by atoms with van der Waals surface area (Å²) in [4.78, 5) is 6.66. The minimum atomic E-state index is -0.00138. The van der Waals surface area contributed by atoms with Gasteiger partial charge in [0.1, 0.15) is 0 Å². The van der Waals surface area contributed by atoms with Crippen LogP contribution in [0.25, 0.3) is 0 Å². The number of pyridine rings is 1. The van der Waals surface area contributed by atoms with E-state index < -0.39 is 0 Å². The van der Waals surface area contributed by atoms with Crippen molar-refractivity contribution in [1.82, 2.24) is 9.88 Å². The summed E-state index contributed by atoms with van der Waals surface area (Å²) in [5, 5.41) is 1.12. The molecule has 0 bridgehead atoms. The number of likely N-dealkylation sites (N-methyl/N-ethyl adjacent to an activating group) is 1. The van der Waals surface area contributed by atoms with Crippen LogP contribution in [-0.4, -0.2) is 23.5 Å². The number of benzene rings is 1. The normalized spacial score (nSPS) is 12.7. The van der Waals surface area contributed by atoms with Gasteiger partial charge in [-0.1, -0.05) is 41.4 Å². The summed E-state index contributed by atoms with van der Waals surface area (Å²) in [6, 6.07) is 11.6. The standard InChI is InChI=1S/C16H19Cl2N3/c1-11-5-3-6-12(20-11)10-21(2)15(9-19)13-7-4-8-14(17)16(13)18/h3-8,15H,9-10,19H2,1-2H3. The van der Waals surface area contributed by atoms with Crippen LogP contribution in [0.15, 0.2) is 36.4 Å². The molecule has 0 fully saturated rings. The topological polar surface area (TPSA) is 42.1 Å². The van der Waals surface area contributed by atoms with E-state index >= 15 is 0 Å². The maximum Gasteiger partial charge on any atom is 0.0640 e. The Morgan fingerprint density at radius 2 is 1.90 bits per heavy atom. The SMILES string of the molecule is Cc1cccc(CN(C)C(CN)c2cccc(Cl)c2Cl)n1. The Kier molecular flexibility index (Phi) is 5.59. The van der Waals surface area contributed by atoms with Crippen molar-refractivity contribution in [3.05, 3.63) is 63.4 Å². The molecule has 0 aliphatic rings. The lowest BCUT2D eigenvalue weighted by Gasteiger charge is -2.28. The Morgan fingerprint density at radius 1 is 1.19 bits per heavy atom. The molecule has 1 aromatic carbocycles. The van der Waals surface area contributed by atoms with Gasteiger partial charge in [-0.25, -0.2) is 0 Å². The van der Waals surface area contributed by atoms with Crippen LogP contribution in [0.2, 0.25) is 10.0 Å². The molecule has 0 amide bonds. The van der Waals surface area contributed by atoms with Gasteiger partial charge in [-0.2, -0.15) is 0 Å². The minimum Gasteiger partial charge on any atom is -0.329 e. The molecule has 5 heteroatoms. The molecule has 1 heterocycles. The molecule has 1 aromatic heterocycles. The molecule has 2 rings (SSSR count). The molecule has 1 atom stereocenters. The van der Waals surface area contributed by atoms with Gasteiger partial charge in [0.25, 0.3) is 0 Å². The highest BCUT2D eigenvalue weighted by molar-refractivity contribution is 6.42. The van der Waals surface area contributed by atoms with Crippen molar-refractivity contribution in [2.75, 3.05) is 13.6 Å². The Labute approximate surface area is 135 Å². The number of hydrogen-bond acceptors (Lipinski definition) is 3. The molecule has 2 N–H and O–H groups in total. The van der Waals surface area contributed by atoms with E-state index in [9.17, 15) is 0 Å². The van der Waals surface area contributed by atoms with Crippen LogP contribution in [0, 0.1) is 6.92 Å². The minimum absolute atomic E-state index is 0.00138. The summed E-state index contributed by atoms with van der Waals surface area (Å²) in [5.41, 5.74) is 8.90. The summed E-state index contributed by atoms with van der Waals surface area (Å²) >= 11 is 12.4. The highest BCUT2D eigenvalue weighted by Crippen LogP contribution is 2.32. The zero-order valence-corrected chi connectivity index (χ0v) is 13.7. The Morgan fingerprint density at radius 3 is 2.57 bits per heavy atom. The summed E-state index contributed by atoms with van der Waals surface area (Å²) in [6.45, 7) is 3.15. The van der Waals surface area contributed by atoms with Crippen LogP contribution in [0.5, 0.6) is 0 Å². The van der Waals surface area contributed by atoms with Crippen molar-refractivity contribution in [3.63, 3.8) is 0 Å². The Bertz CT molecular complexity index is 616.